The van der Waals surface area contributed by atoms with Gasteiger partial charge in [-0.3, -0.25) is 4.98 Å². The molecule has 1 aliphatic rings. The summed E-state index contributed by atoms with van der Waals surface area (Å²) in [6.07, 6.45) is 3.88. The Morgan fingerprint density at radius 2 is 1.78 bits per heavy atom. The maximum absolute atomic E-state index is 6.48. The maximum atomic E-state index is 6.48. The monoisotopic (exact) mass is 460 g/mol. The summed E-state index contributed by atoms with van der Waals surface area (Å²) < 4.78 is 7.53. The van der Waals surface area contributed by atoms with Gasteiger partial charge in [0.15, 0.2) is 5.11 Å². The van der Waals surface area contributed by atoms with Gasteiger partial charge in [-0.15, -0.1) is 0 Å². The summed E-state index contributed by atoms with van der Waals surface area (Å²) in [4.78, 5) is 6.73. The number of halogens is 1. The third-order valence-corrected chi connectivity index (χ3v) is 6.24. The minimum atomic E-state index is -0.142. The number of pyridine rings is 1. The molecular weight excluding hydrogens is 440 g/mol. The summed E-state index contributed by atoms with van der Waals surface area (Å²) in [6, 6.07) is 25.8. The van der Waals surface area contributed by atoms with Crippen LogP contribution in [0, 0.1) is 0 Å². The number of anilines is 1. The fourth-order valence-electron chi connectivity index (χ4n) is 4.20. The zero-order chi connectivity index (χ0) is 22.1. The van der Waals surface area contributed by atoms with Crippen molar-refractivity contribution >= 4 is 34.6 Å². The number of nitrogens with zero attached hydrogens (tertiary/aromatic N) is 3. The molecule has 1 saturated heterocycles. The Balaban J connectivity index is 1.66. The van der Waals surface area contributed by atoms with Gasteiger partial charge in [0.1, 0.15) is 11.8 Å². The van der Waals surface area contributed by atoms with E-state index in [9.17, 15) is 0 Å². The molecule has 4 aromatic rings. The van der Waals surface area contributed by atoms with Crippen LogP contribution in [0.1, 0.15) is 23.5 Å². The molecule has 5 nitrogen and oxygen atoms in total. The molecule has 2 aromatic heterocycles. The van der Waals surface area contributed by atoms with Gasteiger partial charge in [-0.2, -0.15) is 0 Å². The molecule has 2 aromatic carbocycles. The van der Waals surface area contributed by atoms with Gasteiger partial charge in [0.2, 0.25) is 0 Å². The van der Waals surface area contributed by atoms with Crippen molar-refractivity contribution in [2.24, 2.45) is 0 Å². The molecule has 1 aliphatic heterocycles. The van der Waals surface area contributed by atoms with Gasteiger partial charge in [0, 0.05) is 29.5 Å². The van der Waals surface area contributed by atoms with Crippen LogP contribution in [0.4, 0.5) is 5.69 Å². The van der Waals surface area contributed by atoms with Crippen LogP contribution >= 0.6 is 23.8 Å². The Bertz CT molecular complexity index is 1250. The van der Waals surface area contributed by atoms with Crippen LogP contribution in [0.15, 0.2) is 91.3 Å². The fraction of sp³-hybridized carbons (Fsp3) is 0.120. The Morgan fingerprint density at radius 3 is 2.50 bits per heavy atom. The highest BCUT2D eigenvalue weighted by molar-refractivity contribution is 7.80. The number of thiocarbonyl (C=S) groups is 1. The van der Waals surface area contributed by atoms with E-state index in [0.717, 1.165) is 22.8 Å². The third-order valence-electron chi connectivity index (χ3n) is 5.63. The van der Waals surface area contributed by atoms with E-state index in [1.807, 2.05) is 54.6 Å². The largest absolute Gasteiger partial charge is 0.495 e. The predicted octanol–water partition coefficient (Wildman–Crippen LogP) is 5.71. The van der Waals surface area contributed by atoms with Crippen LogP contribution in [0.3, 0.4) is 0 Å². The minimum Gasteiger partial charge on any atom is -0.495 e. The van der Waals surface area contributed by atoms with Gasteiger partial charge in [0.25, 0.3) is 0 Å². The molecule has 5 rings (SSSR count). The first-order valence-electron chi connectivity index (χ1n) is 10.2. The first kappa shape index (κ1) is 20.5. The summed E-state index contributed by atoms with van der Waals surface area (Å²) >= 11 is 12.3. The lowest BCUT2D eigenvalue weighted by Gasteiger charge is -2.29. The lowest BCUT2D eigenvalue weighted by Crippen LogP contribution is -2.30. The van der Waals surface area contributed by atoms with Crippen molar-refractivity contribution in [2.45, 2.75) is 12.1 Å². The number of methoxy groups -OCH3 is 1. The molecule has 0 saturated carbocycles. The summed E-state index contributed by atoms with van der Waals surface area (Å²) in [5.41, 5.74) is 3.98. The molecule has 0 spiro atoms. The van der Waals surface area contributed by atoms with Crippen molar-refractivity contribution in [3.63, 3.8) is 0 Å². The molecule has 3 heterocycles. The van der Waals surface area contributed by atoms with Gasteiger partial charge in [0.05, 0.1) is 23.9 Å². The molecule has 0 amide bonds. The van der Waals surface area contributed by atoms with E-state index in [-0.39, 0.29) is 12.1 Å². The normalized spacial score (nSPS) is 17.9. The predicted molar refractivity (Wildman–Crippen MR) is 132 cm³/mol. The molecule has 160 valence electrons. The summed E-state index contributed by atoms with van der Waals surface area (Å²) in [5, 5.41) is 4.64. The van der Waals surface area contributed by atoms with E-state index in [1.165, 1.54) is 0 Å². The minimum absolute atomic E-state index is 0.137. The molecule has 0 aliphatic carbocycles. The third kappa shape index (κ3) is 3.61. The second-order valence-corrected chi connectivity index (χ2v) is 8.25. The van der Waals surface area contributed by atoms with Crippen LogP contribution < -0.4 is 15.0 Å². The number of hydrogen-bond donors (Lipinski definition) is 1. The highest BCUT2D eigenvalue weighted by Gasteiger charge is 2.42. The van der Waals surface area contributed by atoms with Crippen LogP contribution in [0.2, 0.25) is 5.02 Å². The fourth-order valence-corrected chi connectivity index (χ4v) is 4.80. The second kappa shape index (κ2) is 8.65. The highest BCUT2D eigenvalue weighted by Crippen LogP contribution is 2.43. The molecule has 1 N–H and O–H groups in total. The molecular formula is C25H21ClN4OS. The first-order valence-corrected chi connectivity index (χ1v) is 11.0. The quantitative estimate of drug-likeness (QED) is 0.386. The highest BCUT2D eigenvalue weighted by atomic mass is 35.5. The Labute approximate surface area is 197 Å². The number of ether oxygens (including phenoxy) is 1. The van der Waals surface area contributed by atoms with Crippen molar-refractivity contribution in [2.75, 3.05) is 12.0 Å². The van der Waals surface area contributed by atoms with E-state index in [0.29, 0.717) is 15.9 Å². The molecule has 0 bridgehead atoms. The number of hydrogen-bond acceptors (Lipinski definition) is 3. The molecule has 0 unspecified atom stereocenters. The number of benzene rings is 2. The Hall–Kier alpha value is -3.35. The van der Waals surface area contributed by atoms with Gasteiger partial charge in [-0.05, 0) is 66.8 Å². The van der Waals surface area contributed by atoms with Crippen molar-refractivity contribution in [3.05, 3.63) is 108 Å². The van der Waals surface area contributed by atoms with Crippen molar-refractivity contribution in [1.82, 2.24) is 14.9 Å². The SMILES string of the molecule is COc1ccc(N2C(=S)N[C@@H](c3ccccn3)[C@@H]2c2cccn2-c2ccccc2)cc1Cl. The Morgan fingerprint density at radius 1 is 0.969 bits per heavy atom. The maximum Gasteiger partial charge on any atom is 0.174 e. The number of rotatable bonds is 5. The molecule has 1 fully saturated rings. The van der Waals surface area contributed by atoms with E-state index in [4.69, 9.17) is 28.6 Å². The summed E-state index contributed by atoms with van der Waals surface area (Å²) in [7, 11) is 1.61. The van der Waals surface area contributed by atoms with E-state index < -0.39 is 0 Å². The summed E-state index contributed by atoms with van der Waals surface area (Å²) in [5.74, 6) is 0.624. The first-order chi connectivity index (χ1) is 15.7. The number of para-hydroxylation sites is 1. The second-order valence-electron chi connectivity index (χ2n) is 7.45. The Kier molecular flexibility index (Phi) is 5.55. The van der Waals surface area contributed by atoms with E-state index >= 15 is 0 Å². The van der Waals surface area contributed by atoms with Crippen LogP contribution in [-0.2, 0) is 0 Å². The van der Waals surface area contributed by atoms with Gasteiger partial charge >= 0.3 is 0 Å². The van der Waals surface area contributed by atoms with Gasteiger partial charge < -0.3 is 19.5 Å². The van der Waals surface area contributed by atoms with Crippen LogP contribution in [0.5, 0.6) is 5.75 Å². The molecule has 0 radical (unpaired) electrons. The summed E-state index contributed by atoms with van der Waals surface area (Å²) in [6.45, 7) is 0. The molecule has 7 heteroatoms. The average molecular weight is 461 g/mol. The number of nitrogens with one attached hydrogen (secondary N) is 1. The molecule has 2 atom stereocenters. The number of aromatic nitrogens is 2. The van der Waals surface area contributed by atoms with Crippen molar-refractivity contribution in [3.8, 4) is 11.4 Å². The lowest BCUT2D eigenvalue weighted by atomic mass is 10.0. The van der Waals surface area contributed by atoms with E-state index in [2.05, 4.69) is 50.2 Å². The topological polar surface area (TPSA) is 42.3 Å². The smallest absolute Gasteiger partial charge is 0.174 e. The average Bonchev–Trinajstić information content (AvgIpc) is 3.44. The van der Waals surface area contributed by atoms with Crippen LogP contribution in [-0.4, -0.2) is 21.8 Å². The van der Waals surface area contributed by atoms with Crippen LogP contribution in [0.25, 0.3) is 5.69 Å². The van der Waals surface area contributed by atoms with E-state index in [1.54, 1.807) is 13.3 Å². The van der Waals surface area contributed by atoms with Crippen molar-refractivity contribution < 1.29 is 4.74 Å². The van der Waals surface area contributed by atoms with Crippen molar-refractivity contribution in [1.29, 1.82) is 0 Å². The molecule has 32 heavy (non-hydrogen) atoms. The van der Waals surface area contributed by atoms with Gasteiger partial charge in [-0.25, -0.2) is 0 Å². The zero-order valence-corrected chi connectivity index (χ0v) is 18.9. The standard InChI is InChI=1S/C25H21ClN4OS/c1-31-22-13-12-18(16-19(22)26)30-24(23(28-25(30)32)20-10-5-6-14-27-20)21-11-7-15-29(21)17-8-3-2-4-9-17/h2-16,23-24H,1H3,(H,28,32)/t23-,24-/m0/s1. The van der Waals surface area contributed by atoms with Gasteiger partial charge in [-0.1, -0.05) is 35.9 Å². The zero-order valence-electron chi connectivity index (χ0n) is 17.4. The lowest BCUT2D eigenvalue weighted by molar-refractivity contribution is 0.415.